The van der Waals surface area contributed by atoms with Crippen molar-refractivity contribution in [3.63, 3.8) is 0 Å². The molecule has 4 atom stereocenters. The lowest BCUT2D eigenvalue weighted by Crippen LogP contribution is -2.58. The van der Waals surface area contributed by atoms with E-state index in [1.807, 2.05) is 13.8 Å². The molecule has 0 bridgehead atoms. The van der Waals surface area contributed by atoms with Crippen LogP contribution in [0.4, 0.5) is 0 Å². The minimum atomic E-state index is -0.986. The van der Waals surface area contributed by atoms with Crippen molar-refractivity contribution in [2.45, 2.75) is 118 Å². The molecule has 0 aromatic carbocycles. The zero-order valence-corrected chi connectivity index (χ0v) is 29.4. The van der Waals surface area contributed by atoms with Gasteiger partial charge in [0.2, 0.25) is 29.4 Å². The average Bonchev–Trinajstić information content (AvgIpc) is 3.66. The van der Waals surface area contributed by atoms with E-state index < -0.39 is 51.8 Å². The number of Topliss-reactive ketones (excluding diaryl/α,β-unsaturated/α-hetero) is 1. The van der Waals surface area contributed by atoms with E-state index in [0.29, 0.717) is 6.42 Å². The van der Waals surface area contributed by atoms with Crippen LogP contribution in [0.5, 0.6) is 0 Å². The Labute approximate surface area is 280 Å². The number of rotatable bonds is 13. The molecule has 5 amide bonds. The highest BCUT2D eigenvalue weighted by Crippen LogP contribution is 2.51. The number of hydrogen-bond donors (Lipinski definition) is 2. The predicted molar refractivity (Wildman–Crippen MR) is 179 cm³/mol. The topological polar surface area (TPSA) is 133 Å². The van der Waals surface area contributed by atoms with Crippen molar-refractivity contribution in [2.24, 2.45) is 34.0 Å². The first-order chi connectivity index (χ1) is 22.0. The lowest BCUT2D eigenvalue weighted by atomic mass is 9.57. The third kappa shape index (κ3) is 8.79. The van der Waals surface area contributed by atoms with Crippen LogP contribution in [0, 0.1) is 34.0 Å². The molecule has 2 N–H and O–H groups in total. The monoisotopic (exact) mass is 652 g/mol. The van der Waals surface area contributed by atoms with Gasteiger partial charge in [0.15, 0.2) is 0 Å². The third-order valence-corrected chi connectivity index (χ3v) is 10.8. The Morgan fingerprint density at radius 2 is 1.64 bits per heavy atom. The number of piperidine rings is 1. The fraction of sp³-hybridized carbons (Fsp3) is 0.730. The van der Waals surface area contributed by atoms with Gasteiger partial charge >= 0.3 is 0 Å². The smallest absolute Gasteiger partial charge is 0.289 e. The SMILES string of the molecule is C=CCNC(=O)C(=O)C(CC1CC1)NC(=O)[C@@H]1C=CCN1C(=O)C([C@H](CN1C(=O)CC(C)(C)CC1=O)C(C)(C)C)C1(C)CCCCC1. The van der Waals surface area contributed by atoms with Gasteiger partial charge < -0.3 is 15.5 Å². The maximum atomic E-state index is 15.0. The number of carbonyl (C=O) groups excluding carboxylic acids is 6. The molecule has 47 heavy (non-hydrogen) atoms. The van der Waals surface area contributed by atoms with Gasteiger partial charge in [-0.2, -0.15) is 0 Å². The van der Waals surface area contributed by atoms with Crippen LogP contribution in [-0.4, -0.2) is 76.8 Å². The summed E-state index contributed by atoms with van der Waals surface area (Å²) in [4.78, 5) is 84.2. The Balaban J connectivity index is 1.63. The van der Waals surface area contributed by atoms with Gasteiger partial charge in [-0.3, -0.25) is 33.7 Å². The number of amides is 5. The molecular formula is C37H56N4O6. The number of imide groups is 1. The number of hydrogen-bond acceptors (Lipinski definition) is 6. The predicted octanol–water partition coefficient (Wildman–Crippen LogP) is 4.33. The summed E-state index contributed by atoms with van der Waals surface area (Å²) in [6.45, 7) is 16.3. The molecule has 10 nitrogen and oxygen atoms in total. The minimum Gasteiger partial charge on any atom is -0.346 e. The molecule has 2 heterocycles. The molecule has 2 aliphatic heterocycles. The second kappa shape index (κ2) is 14.4. The van der Waals surface area contributed by atoms with E-state index in [-0.39, 0.29) is 62.0 Å². The van der Waals surface area contributed by atoms with Crippen LogP contribution < -0.4 is 10.6 Å². The van der Waals surface area contributed by atoms with Crippen molar-refractivity contribution < 1.29 is 28.8 Å². The highest BCUT2D eigenvalue weighted by atomic mass is 16.2. The zero-order chi connectivity index (χ0) is 34.7. The Hall–Kier alpha value is -3.30. The highest BCUT2D eigenvalue weighted by molar-refractivity contribution is 6.38. The maximum Gasteiger partial charge on any atom is 0.289 e. The molecule has 2 unspecified atom stereocenters. The summed E-state index contributed by atoms with van der Waals surface area (Å²) in [5, 5.41) is 5.34. The molecule has 2 saturated carbocycles. The van der Waals surface area contributed by atoms with Gasteiger partial charge in [0.25, 0.3) is 5.91 Å². The van der Waals surface area contributed by atoms with Crippen molar-refractivity contribution in [2.75, 3.05) is 19.6 Å². The van der Waals surface area contributed by atoms with Crippen LogP contribution >= 0.6 is 0 Å². The van der Waals surface area contributed by atoms with Gasteiger partial charge in [-0.1, -0.05) is 91.9 Å². The average molecular weight is 653 g/mol. The van der Waals surface area contributed by atoms with Crippen molar-refractivity contribution in [3.8, 4) is 0 Å². The van der Waals surface area contributed by atoms with Crippen LogP contribution in [0.3, 0.4) is 0 Å². The molecule has 10 heteroatoms. The van der Waals surface area contributed by atoms with Gasteiger partial charge in [0.1, 0.15) is 6.04 Å². The van der Waals surface area contributed by atoms with Crippen molar-refractivity contribution >= 4 is 35.3 Å². The molecule has 4 rings (SSSR count). The fourth-order valence-corrected chi connectivity index (χ4v) is 7.86. The fourth-order valence-electron chi connectivity index (χ4n) is 7.86. The van der Waals surface area contributed by atoms with Crippen LogP contribution in [-0.2, 0) is 28.8 Å². The summed E-state index contributed by atoms with van der Waals surface area (Å²) in [5.74, 6) is -3.19. The summed E-state index contributed by atoms with van der Waals surface area (Å²) < 4.78 is 0. The molecule has 2 aliphatic carbocycles. The first-order valence-corrected chi connectivity index (χ1v) is 17.5. The summed E-state index contributed by atoms with van der Waals surface area (Å²) in [6, 6.07) is -1.93. The molecule has 0 aromatic heterocycles. The first kappa shape index (κ1) is 36.5. The molecule has 0 spiro atoms. The number of ketones is 1. The number of carbonyl (C=O) groups is 6. The molecule has 1 saturated heterocycles. The van der Waals surface area contributed by atoms with Crippen LogP contribution in [0.15, 0.2) is 24.8 Å². The normalized spacial score (nSPS) is 24.3. The van der Waals surface area contributed by atoms with E-state index in [9.17, 15) is 28.8 Å². The second-order valence-corrected chi connectivity index (χ2v) is 16.5. The molecule has 4 aliphatic rings. The number of nitrogens with zero attached hydrogens (tertiary/aromatic N) is 2. The number of likely N-dealkylation sites (tertiary alicyclic amines) is 1. The highest BCUT2D eigenvalue weighted by Gasteiger charge is 2.52. The summed E-state index contributed by atoms with van der Waals surface area (Å²) >= 11 is 0. The van der Waals surface area contributed by atoms with Gasteiger partial charge in [0, 0.05) is 38.4 Å². The van der Waals surface area contributed by atoms with E-state index in [1.54, 1.807) is 17.1 Å². The summed E-state index contributed by atoms with van der Waals surface area (Å²) in [6.07, 6.45) is 12.5. The lowest BCUT2D eigenvalue weighted by Gasteiger charge is -2.50. The molecule has 0 aromatic rings. The lowest BCUT2D eigenvalue weighted by molar-refractivity contribution is -0.160. The minimum absolute atomic E-state index is 0.143. The van der Waals surface area contributed by atoms with E-state index in [1.165, 1.54) is 11.0 Å². The Bertz CT molecular complexity index is 1270. The van der Waals surface area contributed by atoms with Crippen LogP contribution in [0.25, 0.3) is 0 Å². The maximum absolute atomic E-state index is 15.0. The zero-order valence-electron chi connectivity index (χ0n) is 29.4. The van der Waals surface area contributed by atoms with E-state index >= 15 is 0 Å². The van der Waals surface area contributed by atoms with Crippen molar-refractivity contribution in [3.05, 3.63) is 24.8 Å². The summed E-state index contributed by atoms with van der Waals surface area (Å²) in [5.41, 5.74) is -1.25. The van der Waals surface area contributed by atoms with E-state index in [4.69, 9.17) is 0 Å². The van der Waals surface area contributed by atoms with Crippen molar-refractivity contribution in [1.82, 2.24) is 20.4 Å². The van der Waals surface area contributed by atoms with Gasteiger partial charge in [0.05, 0.1) is 6.04 Å². The Morgan fingerprint density at radius 1 is 1.02 bits per heavy atom. The van der Waals surface area contributed by atoms with Gasteiger partial charge in [-0.25, -0.2) is 0 Å². The standard InChI is InChI=1S/C37H56N4O6/c1-8-18-38-33(46)31(44)26(20-24-14-15-24)39-32(45)27-13-12-19-40(27)34(47)30(37(7)16-10-9-11-17-37)25(35(2,3)4)23-41-28(42)21-36(5,6)22-29(41)43/h8,12-13,24-27,30H,1,9-11,14-23H2,2-7H3,(H,38,46)(H,39,45)/t25-,26?,27-,30?/m0/s1. The van der Waals surface area contributed by atoms with Gasteiger partial charge in [-0.05, 0) is 47.3 Å². The molecule has 0 radical (unpaired) electrons. The quantitative estimate of drug-likeness (QED) is 0.173. The third-order valence-electron chi connectivity index (χ3n) is 10.8. The van der Waals surface area contributed by atoms with Crippen molar-refractivity contribution in [1.29, 1.82) is 0 Å². The first-order valence-electron chi connectivity index (χ1n) is 17.5. The Morgan fingerprint density at radius 3 is 2.19 bits per heavy atom. The van der Waals surface area contributed by atoms with Crippen LogP contribution in [0.1, 0.15) is 106 Å². The summed E-state index contributed by atoms with van der Waals surface area (Å²) in [7, 11) is 0. The number of nitrogens with one attached hydrogen (secondary N) is 2. The van der Waals surface area contributed by atoms with Gasteiger partial charge in [-0.15, -0.1) is 6.58 Å². The Kier molecular flexibility index (Phi) is 11.2. The van der Waals surface area contributed by atoms with Crippen LogP contribution in [0.2, 0.25) is 0 Å². The van der Waals surface area contributed by atoms with E-state index in [2.05, 4.69) is 44.9 Å². The molecule has 260 valence electrons. The molecular weight excluding hydrogens is 596 g/mol. The van der Waals surface area contributed by atoms with E-state index in [0.717, 1.165) is 44.9 Å². The largest absolute Gasteiger partial charge is 0.346 e. The second-order valence-electron chi connectivity index (χ2n) is 16.5. The molecule has 3 fully saturated rings.